The number of carbonyl (C=O) groups excluding carboxylic acids is 2. The van der Waals surface area contributed by atoms with E-state index in [0.717, 1.165) is 12.1 Å². The summed E-state index contributed by atoms with van der Waals surface area (Å²) >= 11 is 0. The number of carbonyl (C=O) groups is 2. The summed E-state index contributed by atoms with van der Waals surface area (Å²) in [4.78, 5) is 24.5. The molecule has 0 spiro atoms. The van der Waals surface area contributed by atoms with E-state index in [1.807, 2.05) is 0 Å². The van der Waals surface area contributed by atoms with Gasteiger partial charge in [-0.25, -0.2) is 8.78 Å². The molecule has 128 valence electrons. The fraction of sp³-hybridized carbons (Fsp3) is 0.111. The number of benzene rings is 2. The molecule has 1 amide bonds. The molecule has 0 fully saturated rings. The van der Waals surface area contributed by atoms with Crippen LogP contribution in [-0.4, -0.2) is 16.8 Å². The zero-order chi connectivity index (χ0) is 18.2. The Bertz CT molecular complexity index is 895. The second-order valence-electron chi connectivity index (χ2n) is 5.59. The summed E-state index contributed by atoms with van der Waals surface area (Å²) in [6.45, 7) is 1.29. The number of aliphatic hydroxyl groups excluding tert-OH is 1. The lowest BCUT2D eigenvalue weighted by Gasteiger charge is -2.23. The molecule has 1 atom stereocenters. The molecule has 0 bridgehead atoms. The summed E-state index contributed by atoms with van der Waals surface area (Å²) in [7, 11) is 0. The second kappa shape index (κ2) is 6.01. The van der Waals surface area contributed by atoms with Crippen molar-refractivity contribution in [2.24, 2.45) is 0 Å². The van der Waals surface area contributed by atoms with Crippen LogP contribution >= 0.6 is 0 Å². The molecule has 0 saturated heterocycles. The molecule has 0 saturated carbocycles. The molecule has 25 heavy (non-hydrogen) atoms. The van der Waals surface area contributed by atoms with Gasteiger partial charge in [-0.2, -0.15) is 0 Å². The van der Waals surface area contributed by atoms with Crippen LogP contribution in [0.2, 0.25) is 0 Å². The van der Waals surface area contributed by atoms with Gasteiger partial charge in [-0.15, -0.1) is 0 Å². The van der Waals surface area contributed by atoms with Crippen LogP contribution in [0.15, 0.2) is 60.2 Å². The van der Waals surface area contributed by atoms with E-state index >= 15 is 0 Å². The van der Waals surface area contributed by atoms with E-state index in [-0.39, 0.29) is 5.56 Å². The van der Waals surface area contributed by atoms with Gasteiger partial charge >= 0.3 is 0 Å². The number of ketones is 1. The van der Waals surface area contributed by atoms with E-state index in [1.54, 1.807) is 18.2 Å². The van der Waals surface area contributed by atoms with Gasteiger partial charge in [-0.05, 0) is 31.2 Å². The number of hydrogen-bond donors (Lipinski definition) is 2. The molecule has 7 heteroatoms. The molecular formula is C18H13F2NO4. The number of nitrogens with one attached hydrogen (secondary N) is 1. The van der Waals surface area contributed by atoms with Gasteiger partial charge in [0.1, 0.15) is 0 Å². The molecule has 2 aromatic rings. The SMILES string of the molecule is CC1(c2ccc(F)c(F)c2)OC(NC(=O)c2ccccc2)=C(O)C1=O. The fourth-order valence-corrected chi connectivity index (χ4v) is 2.46. The van der Waals surface area contributed by atoms with Crippen molar-refractivity contribution in [2.75, 3.05) is 0 Å². The first-order valence-electron chi connectivity index (χ1n) is 7.32. The molecule has 1 aliphatic rings. The average molecular weight is 345 g/mol. The van der Waals surface area contributed by atoms with Gasteiger partial charge in [0.15, 0.2) is 17.2 Å². The quantitative estimate of drug-likeness (QED) is 0.897. The van der Waals surface area contributed by atoms with Crippen molar-refractivity contribution in [3.05, 3.63) is 82.9 Å². The molecule has 2 N–H and O–H groups in total. The Kier molecular flexibility index (Phi) is 4.00. The van der Waals surface area contributed by atoms with Crippen LogP contribution in [0.1, 0.15) is 22.8 Å². The number of ether oxygens (including phenoxy) is 1. The highest BCUT2D eigenvalue weighted by atomic mass is 19.2. The minimum atomic E-state index is -1.78. The molecule has 1 unspecified atom stereocenters. The lowest BCUT2D eigenvalue weighted by atomic mass is 9.91. The van der Waals surface area contributed by atoms with E-state index in [0.29, 0.717) is 5.56 Å². The monoisotopic (exact) mass is 345 g/mol. The Labute approximate surface area is 141 Å². The first kappa shape index (κ1) is 16.6. The smallest absolute Gasteiger partial charge is 0.258 e. The third kappa shape index (κ3) is 2.84. The minimum absolute atomic E-state index is 0.00640. The second-order valence-corrected chi connectivity index (χ2v) is 5.59. The number of Topliss-reactive ketones (excluding diaryl/α,β-unsaturated/α-hetero) is 1. The average Bonchev–Trinajstić information content (AvgIpc) is 2.83. The molecule has 2 aromatic carbocycles. The molecule has 1 heterocycles. The molecular weight excluding hydrogens is 332 g/mol. The van der Waals surface area contributed by atoms with Crippen molar-refractivity contribution in [1.29, 1.82) is 0 Å². The van der Waals surface area contributed by atoms with Crippen molar-refractivity contribution in [3.63, 3.8) is 0 Å². The van der Waals surface area contributed by atoms with Crippen LogP contribution in [0, 0.1) is 11.6 Å². The van der Waals surface area contributed by atoms with E-state index in [1.165, 1.54) is 25.1 Å². The zero-order valence-electron chi connectivity index (χ0n) is 13.0. The number of halogens is 2. The van der Waals surface area contributed by atoms with E-state index in [9.17, 15) is 23.5 Å². The largest absolute Gasteiger partial charge is 0.501 e. The number of amides is 1. The van der Waals surface area contributed by atoms with Gasteiger partial charge in [-0.3, -0.25) is 14.9 Å². The van der Waals surface area contributed by atoms with Gasteiger partial charge in [-0.1, -0.05) is 24.3 Å². The lowest BCUT2D eigenvalue weighted by molar-refractivity contribution is -0.131. The Balaban J connectivity index is 1.87. The van der Waals surface area contributed by atoms with E-state index in [4.69, 9.17) is 4.74 Å². The van der Waals surface area contributed by atoms with Crippen LogP contribution < -0.4 is 5.32 Å². The Hall–Kier alpha value is -3.22. The van der Waals surface area contributed by atoms with Crippen LogP contribution in [0.5, 0.6) is 0 Å². The Morgan fingerprint density at radius 1 is 1.12 bits per heavy atom. The van der Waals surface area contributed by atoms with Gasteiger partial charge in [0, 0.05) is 11.1 Å². The predicted molar refractivity (Wildman–Crippen MR) is 83.4 cm³/mol. The number of rotatable bonds is 3. The number of aliphatic hydroxyl groups is 1. The number of hydrogen-bond acceptors (Lipinski definition) is 4. The van der Waals surface area contributed by atoms with Gasteiger partial charge in [0.25, 0.3) is 11.7 Å². The maximum atomic E-state index is 13.5. The van der Waals surface area contributed by atoms with Gasteiger partial charge < -0.3 is 9.84 Å². The van der Waals surface area contributed by atoms with Crippen molar-refractivity contribution in [1.82, 2.24) is 5.32 Å². The van der Waals surface area contributed by atoms with Crippen LogP contribution in [-0.2, 0) is 15.1 Å². The first-order valence-corrected chi connectivity index (χ1v) is 7.32. The molecule has 0 aliphatic carbocycles. The first-order chi connectivity index (χ1) is 11.8. The van der Waals surface area contributed by atoms with Gasteiger partial charge in [0.2, 0.25) is 11.6 Å². The van der Waals surface area contributed by atoms with Crippen LogP contribution in [0.4, 0.5) is 8.78 Å². The van der Waals surface area contributed by atoms with Crippen molar-refractivity contribution in [2.45, 2.75) is 12.5 Å². The fourth-order valence-electron chi connectivity index (χ4n) is 2.46. The van der Waals surface area contributed by atoms with Crippen LogP contribution in [0.25, 0.3) is 0 Å². The van der Waals surface area contributed by atoms with E-state index in [2.05, 4.69) is 5.32 Å². The summed E-state index contributed by atoms with van der Waals surface area (Å²) in [6, 6.07) is 10.9. The summed E-state index contributed by atoms with van der Waals surface area (Å²) in [5, 5.41) is 12.3. The summed E-state index contributed by atoms with van der Waals surface area (Å²) in [6.07, 6.45) is 0. The van der Waals surface area contributed by atoms with Gasteiger partial charge in [0.05, 0.1) is 0 Å². The Morgan fingerprint density at radius 2 is 1.80 bits per heavy atom. The third-order valence-electron chi connectivity index (χ3n) is 3.90. The topological polar surface area (TPSA) is 75.6 Å². The highest BCUT2D eigenvalue weighted by Crippen LogP contribution is 2.37. The maximum absolute atomic E-state index is 13.5. The summed E-state index contributed by atoms with van der Waals surface area (Å²) < 4.78 is 32.0. The predicted octanol–water partition coefficient (Wildman–Crippen LogP) is 2.94. The van der Waals surface area contributed by atoms with E-state index < -0.39 is 40.6 Å². The molecule has 0 radical (unpaired) electrons. The molecule has 1 aliphatic heterocycles. The highest BCUT2D eigenvalue weighted by molar-refractivity contribution is 6.04. The summed E-state index contributed by atoms with van der Waals surface area (Å²) in [5.74, 6) is -4.93. The maximum Gasteiger partial charge on any atom is 0.258 e. The zero-order valence-corrected chi connectivity index (χ0v) is 13.0. The van der Waals surface area contributed by atoms with Crippen molar-refractivity contribution < 1.29 is 28.2 Å². The normalized spacial score (nSPS) is 19.7. The molecule has 3 rings (SSSR count). The van der Waals surface area contributed by atoms with Crippen molar-refractivity contribution in [3.8, 4) is 0 Å². The standard InChI is InChI=1S/C18H13F2NO4/c1-18(11-7-8-12(19)13(20)9-11)15(23)14(22)17(25-18)21-16(24)10-5-3-2-4-6-10/h2-9,22H,1H3,(H,21,24). The Morgan fingerprint density at radius 3 is 2.44 bits per heavy atom. The molecule has 0 aromatic heterocycles. The lowest BCUT2D eigenvalue weighted by Crippen LogP contribution is -2.32. The third-order valence-corrected chi connectivity index (χ3v) is 3.90. The van der Waals surface area contributed by atoms with Crippen LogP contribution in [0.3, 0.4) is 0 Å². The summed E-state index contributed by atoms with van der Waals surface area (Å²) in [5.41, 5.74) is -1.48. The minimum Gasteiger partial charge on any atom is -0.501 e. The van der Waals surface area contributed by atoms with Crippen molar-refractivity contribution >= 4 is 11.7 Å². The highest BCUT2D eigenvalue weighted by Gasteiger charge is 2.48. The molecule has 5 nitrogen and oxygen atoms in total.